The fraction of sp³-hybridized carbons (Fsp3) is 1.00. The standard InChI is InChI=1S/C15H32N2O/c1-4-10-17(12-11-16(2)3)13-14-8-6-5-7-9-15(14)18/h14-15,18H,4-13H2,1-3H3. The van der Waals surface area contributed by atoms with Crippen molar-refractivity contribution >= 4 is 0 Å². The minimum atomic E-state index is -0.0637. The van der Waals surface area contributed by atoms with Gasteiger partial charge in [0.25, 0.3) is 0 Å². The summed E-state index contributed by atoms with van der Waals surface area (Å²) in [5.41, 5.74) is 0. The Balaban J connectivity index is 2.41. The summed E-state index contributed by atoms with van der Waals surface area (Å²) in [6.07, 6.45) is 7.18. The van der Waals surface area contributed by atoms with Gasteiger partial charge in [-0.15, -0.1) is 0 Å². The Hall–Kier alpha value is -0.120. The largest absolute Gasteiger partial charge is 0.393 e. The van der Waals surface area contributed by atoms with Crippen molar-refractivity contribution < 1.29 is 5.11 Å². The van der Waals surface area contributed by atoms with Crippen LogP contribution in [0.2, 0.25) is 0 Å². The van der Waals surface area contributed by atoms with Crippen molar-refractivity contribution in [1.82, 2.24) is 9.80 Å². The van der Waals surface area contributed by atoms with Gasteiger partial charge in [-0.1, -0.05) is 26.2 Å². The van der Waals surface area contributed by atoms with E-state index in [0.29, 0.717) is 5.92 Å². The lowest BCUT2D eigenvalue weighted by Crippen LogP contribution is -2.39. The summed E-state index contributed by atoms with van der Waals surface area (Å²) in [4.78, 5) is 4.78. The molecule has 0 saturated heterocycles. The van der Waals surface area contributed by atoms with Crippen LogP contribution in [0.3, 0.4) is 0 Å². The molecular formula is C15H32N2O. The van der Waals surface area contributed by atoms with Gasteiger partial charge in [-0.2, -0.15) is 0 Å². The lowest BCUT2D eigenvalue weighted by molar-refractivity contribution is 0.0715. The van der Waals surface area contributed by atoms with Gasteiger partial charge in [0.15, 0.2) is 0 Å². The Morgan fingerprint density at radius 2 is 1.72 bits per heavy atom. The van der Waals surface area contributed by atoms with E-state index in [-0.39, 0.29) is 6.10 Å². The van der Waals surface area contributed by atoms with Gasteiger partial charge in [0.05, 0.1) is 6.10 Å². The zero-order valence-electron chi connectivity index (χ0n) is 12.6. The molecule has 1 fully saturated rings. The molecule has 2 atom stereocenters. The molecule has 3 heteroatoms. The predicted octanol–water partition coefficient (Wildman–Crippen LogP) is 2.20. The normalized spacial score (nSPS) is 25.7. The molecule has 0 heterocycles. The number of aliphatic hydroxyl groups is 1. The molecule has 1 aliphatic carbocycles. The van der Waals surface area contributed by atoms with Crippen molar-refractivity contribution in [3.05, 3.63) is 0 Å². The molecule has 0 aromatic rings. The molecule has 18 heavy (non-hydrogen) atoms. The fourth-order valence-corrected chi connectivity index (χ4v) is 2.86. The first-order valence-electron chi connectivity index (χ1n) is 7.68. The molecule has 1 N–H and O–H groups in total. The number of nitrogens with zero attached hydrogens (tertiary/aromatic N) is 2. The molecule has 0 amide bonds. The van der Waals surface area contributed by atoms with Crippen molar-refractivity contribution in [1.29, 1.82) is 0 Å². The molecular weight excluding hydrogens is 224 g/mol. The number of likely N-dealkylation sites (N-methyl/N-ethyl adjacent to an activating group) is 1. The molecule has 108 valence electrons. The second kappa shape index (κ2) is 8.89. The van der Waals surface area contributed by atoms with E-state index >= 15 is 0 Å². The third kappa shape index (κ3) is 6.17. The smallest absolute Gasteiger partial charge is 0.0580 e. The highest BCUT2D eigenvalue weighted by atomic mass is 16.3. The van der Waals surface area contributed by atoms with Gasteiger partial charge in [-0.3, -0.25) is 0 Å². The van der Waals surface area contributed by atoms with Crippen LogP contribution in [0.4, 0.5) is 0 Å². The van der Waals surface area contributed by atoms with Crippen molar-refractivity contribution in [2.75, 3.05) is 40.3 Å². The molecule has 3 nitrogen and oxygen atoms in total. The summed E-state index contributed by atoms with van der Waals surface area (Å²) in [7, 11) is 4.26. The van der Waals surface area contributed by atoms with Crippen LogP contribution < -0.4 is 0 Å². The van der Waals surface area contributed by atoms with Crippen LogP contribution in [0, 0.1) is 5.92 Å². The minimum Gasteiger partial charge on any atom is -0.393 e. The maximum Gasteiger partial charge on any atom is 0.0580 e. The van der Waals surface area contributed by atoms with Crippen LogP contribution >= 0.6 is 0 Å². The number of hydrogen-bond acceptors (Lipinski definition) is 3. The Kier molecular flexibility index (Phi) is 7.87. The third-order valence-corrected chi connectivity index (χ3v) is 4.01. The molecule has 1 rings (SSSR count). The first kappa shape index (κ1) is 15.9. The summed E-state index contributed by atoms with van der Waals surface area (Å²) in [6, 6.07) is 0. The van der Waals surface area contributed by atoms with Gasteiger partial charge in [0.1, 0.15) is 0 Å². The first-order valence-corrected chi connectivity index (χ1v) is 7.68. The van der Waals surface area contributed by atoms with E-state index in [2.05, 4.69) is 30.8 Å². The maximum absolute atomic E-state index is 10.2. The second-order valence-corrected chi connectivity index (χ2v) is 6.07. The summed E-state index contributed by atoms with van der Waals surface area (Å²) >= 11 is 0. The molecule has 0 aliphatic heterocycles. The van der Waals surface area contributed by atoms with Crippen molar-refractivity contribution in [3.8, 4) is 0 Å². The highest BCUT2D eigenvalue weighted by Crippen LogP contribution is 2.24. The zero-order chi connectivity index (χ0) is 13.4. The van der Waals surface area contributed by atoms with Crippen LogP contribution in [0.1, 0.15) is 45.4 Å². The maximum atomic E-state index is 10.2. The van der Waals surface area contributed by atoms with Gasteiger partial charge in [-0.05, 0) is 45.8 Å². The summed E-state index contributed by atoms with van der Waals surface area (Å²) < 4.78 is 0. The number of aliphatic hydroxyl groups excluding tert-OH is 1. The zero-order valence-corrected chi connectivity index (χ0v) is 12.6. The molecule has 2 unspecified atom stereocenters. The average molecular weight is 256 g/mol. The lowest BCUT2D eigenvalue weighted by Gasteiger charge is -2.30. The van der Waals surface area contributed by atoms with Crippen LogP contribution in [0.15, 0.2) is 0 Å². The van der Waals surface area contributed by atoms with E-state index in [1.807, 2.05) is 0 Å². The van der Waals surface area contributed by atoms with E-state index in [1.165, 1.54) is 32.1 Å². The monoisotopic (exact) mass is 256 g/mol. The molecule has 1 aliphatic rings. The molecule has 0 radical (unpaired) electrons. The molecule has 1 saturated carbocycles. The van der Waals surface area contributed by atoms with E-state index in [9.17, 15) is 5.11 Å². The second-order valence-electron chi connectivity index (χ2n) is 6.07. The molecule has 0 aromatic carbocycles. The quantitative estimate of drug-likeness (QED) is 0.708. The van der Waals surface area contributed by atoms with E-state index in [4.69, 9.17) is 0 Å². The topological polar surface area (TPSA) is 26.7 Å². The molecule has 0 aromatic heterocycles. The van der Waals surface area contributed by atoms with Gasteiger partial charge in [0, 0.05) is 19.6 Å². The fourth-order valence-electron chi connectivity index (χ4n) is 2.86. The Morgan fingerprint density at radius 3 is 2.39 bits per heavy atom. The minimum absolute atomic E-state index is 0.0637. The Labute approximate surface area is 113 Å². The molecule has 0 bridgehead atoms. The highest BCUT2D eigenvalue weighted by Gasteiger charge is 2.23. The lowest BCUT2D eigenvalue weighted by atomic mass is 9.96. The van der Waals surface area contributed by atoms with E-state index in [1.54, 1.807) is 0 Å². The predicted molar refractivity (Wildman–Crippen MR) is 77.9 cm³/mol. The van der Waals surface area contributed by atoms with E-state index < -0.39 is 0 Å². The SMILES string of the molecule is CCCN(CCN(C)C)CC1CCCCCC1O. The van der Waals surface area contributed by atoms with E-state index in [0.717, 1.165) is 32.6 Å². The van der Waals surface area contributed by atoms with Crippen molar-refractivity contribution in [2.45, 2.75) is 51.6 Å². The van der Waals surface area contributed by atoms with Crippen molar-refractivity contribution in [3.63, 3.8) is 0 Å². The summed E-state index contributed by atoms with van der Waals surface area (Å²) in [5, 5.41) is 10.2. The summed E-state index contributed by atoms with van der Waals surface area (Å²) in [6.45, 7) is 6.74. The number of hydrogen-bond donors (Lipinski definition) is 1. The molecule has 0 spiro atoms. The Bertz CT molecular complexity index is 209. The Morgan fingerprint density at radius 1 is 1.00 bits per heavy atom. The van der Waals surface area contributed by atoms with Crippen molar-refractivity contribution in [2.24, 2.45) is 5.92 Å². The van der Waals surface area contributed by atoms with Gasteiger partial charge in [-0.25, -0.2) is 0 Å². The average Bonchev–Trinajstić information content (AvgIpc) is 2.52. The summed E-state index contributed by atoms with van der Waals surface area (Å²) in [5.74, 6) is 0.501. The van der Waals surface area contributed by atoms with Crippen LogP contribution in [0.25, 0.3) is 0 Å². The van der Waals surface area contributed by atoms with Gasteiger partial charge < -0.3 is 14.9 Å². The highest BCUT2D eigenvalue weighted by molar-refractivity contribution is 4.76. The van der Waals surface area contributed by atoms with Gasteiger partial charge in [0.2, 0.25) is 0 Å². The third-order valence-electron chi connectivity index (χ3n) is 4.01. The van der Waals surface area contributed by atoms with Crippen LogP contribution in [-0.2, 0) is 0 Å². The number of rotatable bonds is 7. The first-order chi connectivity index (χ1) is 8.63. The van der Waals surface area contributed by atoms with Crippen LogP contribution in [-0.4, -0.2) is 61.3 Å². The van der Waals surface area contributed by atoms with Gasteiger partial charge >= 0.3 is 0 Å². The van der Waals surface area contributed by atoms with Crippen LogP contribution in [0.5, 0.6) is 0 Å².